The van der Waals surface area contributed by atoms with E-state index in [4.69, 9.17) is 9.78 Å². The van der Waals surface area contributed by atoms with Gasteiger partial charge >= 0.3 is 0 Å². The van der Waals surface area contributed by atoms with Crippen LogP contribution in [0.1, 0.15) is 11.7 Å². The Morgan fingerprint density at radius 3 is 3.07 bits per heavy atom. The van der Waals surface area contributed by atoms with Crippen molar-refractivity contribution in [2.24, 2.45) is 0 Å². The molecule has 1 heterocycles. The summed E-state index contributed by atoms with van der Waals surface area (Å²) in [5.41, 5.74) is 0. The summed E-state index contributed by atoms with van der Waals surface area (Å²) in [5, 5.41) is 17.1. The molecule has 0 unspecified atom stereocenters. The van der Waals surface area contributed by atoms with Crippen LogP contribution in [0.25, 0.3) is 0 Å². The predicted octanol–water partition coefficient (Wildman–Crippen LogP) is -0.893. The maximum Gasteiger partial charge on any atom is 0.234 e. The number of hydrogen-bond acceptors (Lipinski definition) is 6. The Bertz CT molecular complexity index is 367. The molecule has 0 radical (unpaired) electrons. The van der Waals surface area contributed by atoms with Crippen molar-refractivity contribution in [3.8, 4) is 6.07 Å². The van der Waals surface area contributed by atoms with Gasteiger partial charge < -0.3 is 15.2 Å². The highest BCUT2D eigenvalue weighted by molar-refractivity contribution is 5.78. The van der Waals surface area contributed by atoms with Gasteiger partial charge in [0.15, 0.2) is 5.82 Å². The molecule has 0 atom stereocenters. The average molecular weight is 209 g/mol. The highest BCUT2D eigenvalue weighted by atomic mass is 16.5. The summed E-state index contributed by atoms with van der Waals surface area (Å²) in [7, 11) is 0. The normalized spacial score (nSPS) is 9.60. The molecule has 0 saturated heterocycles. The summed E-state index contributed by atoms with van der Waals surface area (Å²) in [5.74, 6) is 0.748. The first kappa shape index (κ1) is 11.1. The number of amides is 1. The molecule has 1 aromatic heterocycles. The minimum atomic E-state index is -0.239. The van der Waals surface area contributed by atoms with Crippen LogP contribution in [-0.2, 0) is 11.3 Å². The molecule has 1 amide bonds. The molecule has 0 aliphatic heterocycles. The van der Waals surface area contributed by atoms with Gasteiger partial charge in [-0.05, 0) is 0 Å². The van der Waals surface area contributed by atoms with Gasteiger partial charge in [0, 0.05) is 6.92 Å². The Hall–Kier alpha value is -1.94. The summed E-state index contributed by atoms with van der Waals surface area (Å²) in [6.07, 6.45) is 0. The van der Waals surface area contributed by atoms with Crippen LogP contribution >= 0.6 is 0 Å². The van der Waals surface area contributed by atoms with E-state index in [0.717, 1.165) is 0 Å². The Morgan fingerprint density at radius 1 is 1.67 bits per heavy atom. The first-order valence-corrected chi connectivity index (χ1v) is 4.36. The van der Waals surface area contributed by atoms with Gasteiger partial charge in [0.25, 0.3) is 0 Å². The molecule has 80 valence electrons. The van der Waals surface area contributed by atoms with Crippen LogP contribution < -0.4 is 10.6 Å². The number of carbonyl (C=O) groups is 1. The highest BCUT2D eigenvalue weighted by Gasteiger charge is 2.03. The first-order chi connectivity index (χ1) is 7.22. The van der Waals surface area contributed by atoms with Crippen molar-refractivity contribution in [2.45, 2.75) is 13.5 Å². The Labute approximate surface area is 86.5 Å². The monoisotopic (exact) mass is 209 g/mol. The van der Waals surface area contributed by atoms with Gasteiger partial charge in [-0.15, -0.1) is 0 Å². The van der Waals surface area contributed by atoms with Gasteiger partial charge in [-0.2, -0.15) is 10.2 Å². The third-order valence-corrected chi connectivity index (χ3v) is 1.50. The van der Waals surface area contributed by atoms with Crippen molar-refractivity contribution < 1.29 is 9.32 Å². The Kier molecular flexibility index (Phi) is 4.25. The molecule has 7 nitrogen and oxygen atoms in total. The molecule has 1 aromatic rings. The third-order valence-electron chi connectivity index (χ3n) is 1.50. The second-order valence-corrected chi connectivity index (χ2v) is 2.77. The largest absolute Gasteiger partial charge is 0.342 e. The topological polar surface area (TPSA) is 104 Å². The van der Waals surface area contributed by atoms with E-state index in [1.807, 2.05) is 6.07 Å². The SMILES string of the molecule is Cc1nc(CNCC(=O)NCC#N)no1. The minimum absolute atomic E-state index is 0.0157. The summed E-state index contributed by atoms with van der Waals surface area (Å²) < 4.78 is 4.74. The molecular weight excluding hydrogens is 198 g/mol. The molecule has 15 heavy (non-hydrogen) atoms. The van der Waals surface area contributed by atoms with E-state index in [0.29, 0.717) is 18.3 Å². The molecule has 0 aliphatic rings. The quantitative estimate of drug-likeness (QED) is 0.609. The van der Waals surface area contributed by atoms with Gasteiger partial charge in [-0.25, -0.2) is 0 Å². The number of aryl methyl sites for hydroxylation is 1. The van der Waals surface area contributed by atoms with Crippen LogP contribution in [0.4, 0.5) is 0 Å². The van der Waals surface area contributed by atoms with Crippen LogP contribution in [0.2, 0.25) is 0 Å². The van der Waals surface area contributed by atoms with Crippen molar-refractivity contribution in [3.05, 3.63) is 11.7 Å². The van der Waals surface area contributed by atoms with E-state index in [1.165, 1.54) is 0 Å². The summed E-state index contributed by atoms with van der Waals surface area (Å²) >= 11 is 0. The standard InChI is InChI=1S/C8H11N5O2/c1-6-12-7(13-15-6)4-10-5-8(14)11-3-2-9/h10H,3-5H2,1H3,(H,11,14). The number of nitrogens with one attached hydrogen (secondary N) is 2. The lowest BCUT2D eigenvalue weighted by atomic mass is 10.5. The van der Waals surface area contributed by atoms with Gasteiger partial charge in [-0.3, -0.25) is 4.79 Å². The van der Waals surface area contributed by atoms with E-state index in [9.17, 15) is 4.79 Å². The molecule has 0 bridgehead atoms. The van der Waals surface area contributed by atoms with Crippen molar-refractivity contribution in [1.82, 2.24) is 20.8 Å². The van der Waals surface area contributed by atoms with Crippen LogP contribution in [0.3, 0.4) is 0 Å². The van der Waals surface area contributed by atoms with E-state index in [1.54, 1.807) is 6.92 Å². The fraction of sp³-hybridized carbons (Fsp3) is 0.500. The first-order valence-electron chi connectivity index (χ1n) is 4.36. The van der Waals surface area contributed by atoms with Gasteiger partial charge in [-0.1, -0.05) is 5.16 Å². The highest BCUT2D eigenvalue weighted by Crippen LogP contribution is 1.93. The Morgan fingerprint density at radius 2 is 2.47 bits per heavy atom. The molecule has 1 rings (SSSR count). The van der Waals surface area contributed by atoms with Gasteiger partial charge in [0.1, 0.15) is 6.54 Å². The molecule has 0 aliphatic carbocycles. The number of aromatic nitrogens is 2. The van der Waals surface area contributed by atoms with E-state index in [2.05, 4.69) is 20.8 Å². The number of carbonyl (C=O) groups excluding carboxylic acids is 1. The van der Waals surface area contributed by atoms with Crippen molar-refractivity contribution in [2.75, 3.05) is 13.1 Å². The Balaban J connectivity index is 2.16. The maximum atomic E-state index is 11.0. The third kappa shape index (κ3) is 4.19. The molecule has 7 heteroatoms. The molecular formula is C8H11N5O2. The van der Waals surface area contributed by atoms with E-state index in [-0.39, 0.29) is 19.0 Å². The number of hydrogen-bond donors (Lipinski definition) is 2. The second kappa shape index (κ2) is 5.72. The second-order valence-electron chi connectivity index (χ2n) is 2.77. The average Bonchev–Trinajstić information content (AvgIpc) is 2.61. The zero-order chi connectivity index (χ0) is 11.1. The fourth-order valence-corrected chi connectivity index (χ4v) is 0.902. The zero-order valence-corrected chi connectivity index (χ0v) is 8.28. The zero-order valence-electron chi connectivity index (χ0n) is 8.28. The van der Waals surface area contributed by atoms with Gasteiger partial charge in [0.05, 0.1) is 19.2 Å². The number of nitrogens with zero attached hydrogens (tertiary/aromatic N) is 3. The number of rotatable bonds is 5. The minimum Gasteiger partial charge on any atom is -0.342 e. The van der Waals surface area contributed by atoms with Crippen LogP contribution in [0.15, 0.2) is 4.52 Å². The van der Waals surface area contributed by atoms with Crippen molar-refractivity contribution in [1.29, 1.82) is 5.26 Å². The predicted molar refractivity (Wildman–Crippen MR) is 49.4 cm³/mol. The van der Waals surface area contributed by atoms with Crippen molar-refractivity contribution in [3.63, 3.8) is 0 Å². The summed E-state index contributed by atoms with van der Waals surface area (Å²) in [6, 6.07) is 1.81. The lowest BCUT2D eigenvalue weighted by Crippen LogP contribution is -2.33. The molecule has 0 fully saturated rings. The maximum absolute atomic E-state index is 11.0. The van der Waals surface area contributed by atoms with Crippen LogP contribution in [0, 0.1) is 18.3 Å². The molecule has 0 aromatic carbocycles. The summed E-state index contributed by atoms with van der Waals surface area (Å²) in [4.78, 5) is 15.0. The van der Waals surface area contributed by atoms with E-state index < -0.39 is 0 Å². The van der Waals surface area contributed by atoms with Gasteiger partial charge in [0.2, 0.25) is 11.8 Å². The van der Waals surface area contributed by atoms with Crippen LogP contribution in [0.5, 0.6) is 0 Å². The molecule has 0 spiro atoms. The van der Waals surface area contributed by atoms with Crippen molar-refractivity contribution >= 4 is 5.91 Å². The lowest BCUT2D eigenvalue weighted by molar-refractivity contribution is -0.120. The van der Waals surface area contributed by atoms with Crippen LogP contribution in [-0.4, -0.2) is 29.1 Å². The summed E-state index contributed by atoms with van der Waals surface area (Å²) in [6.45, 7) is 2.19. The molecule has 2 N–H and O–H groups in total. The smallest absolute Gasteiger partial charge is 0.234 e. The fourth-order valence-electron chi connectivity index (χ4n) is 0.902. The van der Waals surface area contributed by atoms with E-state index >= 15 is 0 Å². The lowest BCUT2D eigenvalue weighted by Gasteiger charge is -2.00. The number of nitriles is 1. The molecule has 0 saturated carbocycles.